The summed E-state index contributed by atoms with van der Waals surface area (Å²) in [6, 6.07) is 1.77. The van der Waals surface area contributed by atoms with Crippen LogP contribution in [0.5, 0.6) is 0 Å². The number of hydrogen-bond acceptors (Lipinski definition) is 2. The summed E-state index contributed by atoms with van der Waals surface area (Å²) in [7, 11) is 0. The van der Waals surface area contributed by atoms with Crippen molar-refractivity contribution in [1.82, 2.24) is 0 Å². The van der Waals surface area contributed by atoms with Gasteiger partial charge in [-0.2, -0.15) is 0 Å². The van der Waals surface area contributed by atoms with E-state index in [1.54, 1.807) is 6.07 Å². The van der Waals surface area contributed by atoms with Gasteiger partial charge in [-0.1, -0.05) is 32.4 Å². The molecule has 0 spiro atoms. The van der Waals surface area contributed by atoms with E-state index in [-0.39, 0.29) is 11.2 Å². The maximum absolute atomic E-state index is 11.9. The van der Waals surface area contributed by atoms with E-state index in [0.717, 1.165) is 6.42 Å². The molecule has 0 unspecified atom stereocenters. The Morgan fingerprint density at radius 2 is 2.23 bits per heavy atom. The first kappa shape index (κ1) is 10.7. The fraction of sp³-hybridized carbons (Fsp3) is 0.500. The van der Waals surface area contributed by atoms with Gasteiger partial charge in [0.15, 0.2) is 5.78 Å². The number of halogens is 1. The number of rotatable bonds is 3. The van der Waals surface area contributed by atoms with Crippen molar-refractivity contribution in [3.05, 3.63) is 21.3 Å². The second kappa shape index (κ2) is 3.81. The van der Waals surface area contributed by atoms with Crippen molar-refractivity contribution in [3.8, 4) is 0 Å². The average Bonchev–Trinajstić information content (AvgIpc) is 2.50. The van der Waals surface area contributed by atoms with Crippen molar-refractivity contribution in [2.24, 2.45) is 5.41 Å². The Morgan fingerprint density at radius 3 is 2.62 bits per heavy atom. The monoisotopic (exact) mass is 216 g/mol. The molecule has 0 radical (unpaired) electrons. The van der Waals surface area contributed by atoms with Gasteiger partial charge in [0.2, 0.25) is 0 Å². The molecule has 3 heteroatoms. The van der Waals surface area contributed by atoms with Crippen molar-refractivity contribution in [2.45, 2.75) is 27.2 Å². The molecule has 0 amide bonds. The van der Waals surface area contributed by atoms with Gasteiger partial charge in [-0.05, 0) is 17.9 Å². The minimum atomic E-state index is -0.297. The Labute approximate surface area is 87.7 Å². The van der Waals surface area contributed by atoms with Gasteiger partial charge in [-0.25, -0.2) is 0 Å². The molecular weight excluding hydrogens is 204 g/mol. The number of carbonyl (C=O) groups is 1. The molecule has 1 rings (SSSR count). The smallest absolute Gasteiger partial charge is 0.179 e. The zero-order chi connectivity index (χ0) is 10.1. The lowest BCUT2D eigenvalue weighted by Crippen LogP contribution is -2.22. The van der Waals surface area contributed by atoms with E-state index in [1.807, 2.05) is 26.2 Å². The third-order valence-electron chi connectivity index (χ3n) is 2.32. The summed E-state index contributed by atoms with van der Waals surface area (Å²) in [6.45, 7) is 5.91. The van der Waals surface area contributed by atoms with E-state index >= 15 is 0 Å². The molecule has 13 heavy (non-hydrogen) atoms. The van der Waals surface area contributed by atoms with Crippen LogP contribution in [0.4, 0.5) is 0 Å². The molecule has 0 atom stereocenters. The normalized spacial score (nSPS) is 11.7. The Kier molecular flexibility index (Phi) is 3.14. The largest absolute Gasteiger partial charge is 0.293 e. The predicted molar refractivity (Wildman–Crippen MR) is 57.7 cm³/mol. The summed E-state index contributed by atoms with van der Waals surface area (Å²) in [5.41, 5.74) is -0.297. The highest BCUT2D eigenvalue weighted by Gasteiger charge is 2.28. The van der Waals surface area contributed by atoms with Gasteiger partial charge in [0.05, 0.1) is 9.90 Å². The molecule has 72 valence electrons. The number of Topliss-reactive ketones (excluding diaryl/α,β-unsaturated/α-hetero) is 1. The molecule has 0 bridgehead atoms. The first-order valence-corrected chi connectivity index (χ1v) is 5.52. The molecule has 1 nitrogen and oxygen atoms in total. The zero-order valence-electron chi connectivity index (χ0n) is 8.06. The van der Waals surface area contributed by atoms with E-state index in [1.165, 1.54) is 11.3 Å². The summed E-state index contributed by atoms with van der Waals surface area (Å²) < 4.78 is 0. The van der Waals surface area contributed by atoms with Crippen LogP contribution in [0.3, 0.4) is 0 Å². The molecule has 0 aliphatic carbocycles. The van der Waals surface area contributed by atoms with E-state index in [9.17, 15) is 4.79 Å². The van der Waals surface area contributed by atoms with E-state index in [4.69, 9.17) is 11.6 Å². The highest BCUT2D eigenvalue weighted by atomic mass is 35.5. The Hall–Kier alpha value is -0.340. The highest BCUT2D eigenvalue weighted by Crippen LogP contribution is 2.32. The van der Waals surface area contributed by atoms with E-state index < -0.39 is 0 Å². The van der Waals surface area contributed by atoms with Crippen LogP contribution in [0.15, 0.2) is 11.4 Å². The summed E-state index contributed by atoms with van der Waals surface area (Å²) in [6.07, 6.45) is 0.833. The molecule has 0 aromatic carbocycles. The van der Waals surface area contributed by atoms with Crippen molar-refractivity contribution in [1.29, 1.82) is 0 Å². The maximum atomic E-state index is 11.9. The van der Waals surface area contributed by atoms with Gasteiger partial charge in [0.1, 0.15) is 0 Å². The summed E-state index contributed by atoms with van der Waals surface area (Å²) in [4.78, 5) is 12.6. The highest BCUT2D eigenvalue weighted by molar-refractivity contribution is 7.12. The molecule has 0 N–H and O–H groups in total. The lowest BCUT2D eigenvalue weighted by molar-refractivity contribution is 0.0837. The van der Waals surface area contributed by atoms with Crippen LogP contribution in [-0.2, 0) is 0 Å². The van der Waals surface area contributed by atoms with Crippen LogP contribution >= 0.6 is 22.9 Å². The first-order chi connectivity index (χ1) is 5.99. The fourth-order valence-corrected chi connectivity index (χ4v) is 2.18. The fourth-order valence-electron chi connectivity index (χ4n) is 0.924. The van der Waals surface area contributed by atoms with Crippen LogP contribution in [-0.4, -0.2) is 5.78 Å². The minimum absolute atomic E-state index is 0.148. The van der Waals surface area contributed by atoms with Crippen molar-refractivity contribution in [2.75, 3.05) is 0 Å². The van der Waals surface area contributed by atoms with Gasteiger partial charge in [-0.15, -0.1) is 11.3 Å². The second-order valence-corrected chi connectivity index (χ2v) is 4.99. The predicted octanol–water partition coefficient (Wildman–Crippen LogP) is 4.02. The van der Waals surface area contributed by atoms with Crippen molar-refractivity contribution < 1.29 is 4.79 Å². The minimum Gasteiger partial charge on any atom is -0.293 e. The van der Waals surface area contributed by atoms with Gasteiger partial charge < -0.3 is 0 Å². The van der Waals surface area contributed by atoms with Crippen molar-refractivity contribution >= 4 is 28.7 Å². The van der Waals surface area contributed by atoms with Gasteiger partial charge in [-0.3, -0.25) is 4.79 Å². The quantitative estimate of drug-likeness (QED) is 0.698. The lowest BCUT2D eigenvalue weighted by Gasteiger charge is -2.19. The van der Waals surface area contributed by atoms with Gasteiger partial charge in [0.25, 0.3) is 0 Å². The number of thiophene rings is 1. The number of hydrogen-bond donors (Lipinski definition) is 0. The van der Waals surface area contributed by atoms with E-state index in [0.29, 0.717) is 9.90 Å². The van der Waals surface area contributed by atoms with Crippen LogP contribution < -0.4 is 0 Å². The summed E-state index contributed by atoms with van der Waals surface area (Å²) in [5.74, 6) is 0.148. The molecule has 1 aromatic heterocycles. The molecular formula is C10H13ClOS. The van der Waals surface area contributed by atoms with Gasteiger partial charge >= 0.3 is 0 Å². The van der Waals surface area contributed by atoms with Crippen LogP contribution in [0.25, 0.3) is 0 Å². The molecule has 1 aromatic rings. The molecule has 0 fully saturated rings. The number of carbonyl (C=O) groups excluding carboxylic acids is 1. The first-order valence-electron chi connectivity index (χ1n) is 4.27. The number of ketones is 1. The maximum Gasteiger partial charge on any atom is 0.179 e. The third kappa shape index (κ3) is 2.12. The molecule has 1 heterocycles. The Balaban J connectivity index is 2.98. The average molecular weight is 217 g/mol. The standard InChI is InChI=1S/C10H13ClOS/c1-4-10(2,3)9(12)8-7(11)5-6-13-8/h5-6H,4H2,1-3H3. The third-order valence-corrected chi connectivity index (χ3v) is 3.66. The molecule has 0 aliphatic heterocycles. The SMILES string of the molecule is CCC(C)(C)C(=O)c1sccc1Cl. The van der Waals surface area contributed by atoms with Crippen molar-refractivity contribution in [3.63, 3.8) is 0 Å². The van der Waals surface area contributed by atoms with Gasteiger partial charge in [0, 0.05) is 5.41 Å². The molecule has 0 saturated heterocycles. The van der Waals surface area contributed by atoms with Crippen LogP contribution in [0.1, 0.15) is 36.9 Å². The Bertz CT molecular complexity index is 314. The summed E-state index contributed by atoms with van der Waals surface area (Å²) in [5, 5.41) is 2.43. The van der Waals surface area contributed by atoms with E-state index in [2.05, 4.69) is 0 Å². The second-order valence-electron chi connectivity index (χ2n) is 3.66. The zero-order valence-corrected chi connectivity index (χ0v) is 9.63. The summed E-state index contributed by atoms with van der Waals surface area (Å²) >= 11 is 7.31. The van der Waals surface area contributed by atoms with Crippen LogP contribution in [0.2, 0.25) is 5.02 Å². The molecule has 0 saturated carbocycles. The lowest BCUT2D eigenvalue weighted by atomic mass is 9.85. The van der Waals surface area contributed by atoms with Crippen LogP contribution in [0, 0.1) is 5.41 Å². The molecule has 0 aliphatic rings. The Morgan fingerprint density at radius 1 is 1.62 bits per heavy atom. The topological polar surface area (TPSA) is 17.1 Å².